The van der Waals surface area contributed by atoms with E-state index in [4.69, 9.17) is 4.99 Å². The molecular formula is C17H28IN3. The molecule has 1 aromatic carbocycles. The third-order valence-corrected chi connectivity index (χ3v) is 3.95. The highest BCUT2D eigenvalue weighted by molar-refractivity contribution is 14.0. The number of aliphatic imine (C=N–C) groups is 1. The molecule has 2 N–H and O–H groups in total. The van der Waals surface area contributed by atoms with Crippen molar-refractivity contribution < 1.29 is 0 Å². The van der Waals surface area contributed by atoms with Crippen molar-refractivity contribution in [3.05, 3.63) is 35.4 Å². The molecule has 0 aliphatic heterocycles. The van der Waals surface area contributed by atoms with Crippen LogP contribution in [0.2, 0.25) is 0 Å². The fourth-order valence-corrected chi connectivity index (χ4v) is 2.25. The molecule has 4 heteroatoms. The summed E-state index contributed by atoms with van der Waals surface area (Å²) in [5.41, 5.74) is 2.66. The summed E-state index contributed by atoms with van der Waals surface area (Å²) in [5, 5.41) is 6.83. The van der Waals surface area contributed by atoms with Crippen LogP contribution in [0.3, 0.4) is 0 Å². The van der Waals surface area contributed by atoms with Gasteiger partial charge < -0.3 is 10.6 Å². The average Bonchev–Trinajstić information content (AvgIpc) is 3.12. The first kappa shape index (κ1) is 18.3. The third kappa shape index (κ3) is 5.85. The second kappa shape index (κ2) is 8.61. The number of nitrogens with zero attached hydrogens (tertiary/aromatic N) is 1. The van der Waals surface area contributed by atoms with E-state index in [2.05, 4.69) is 62.6 Å². The Labute approximate surface area is 146 Å². The first-order valence-corrected chi connectivity index (χ1v) is 7.71. The molecule has 0 spiro atoms. The molecule has 21 heavy (non-hydrogen) atoms. The highest BCUT2D eigenvalue weighted by atomic mass is 127. The first-order valence-electron chi connectivity index (χ1n) is 7.71. The average molecular weight is 401 g/mol. The number of guanidine groups is 1. The van der Waals surface area contributed by atoms with Crippen molar-refractivity contribution in [2.75, 3.05) is 13.1 Å². The topological polar surface area (TPSA) is 36.4 Å². The molecule has 0 amide bonds. The van der Waals surface area contributed by atoms with Crippen LogP contribution in [0.5, 0.6) is 0 Å². The number of hydrogen-bond acceptors (Lipinski definition) is 1. The first-order chi connectivity index (χ1) is 9.60. The smallest absolute Gasteiger partial charge is 0.191 e. The summed E-state index contributed by atoms with van der Waals surface area (Å²) in [7, 11) is 0. The van der Waals surface area contributed by atoms with Crippen molar-refractivity contribution >= 4 is 29.9 Å². The lowest BCUT2D eigenvalue weighted by Crippen LogP contribution is -2.39. The Hall–Kier alpha value is -0.780. The van der Waals surface area contributed by atoms with Crippen molar-refractivity contribution in [2.45, 2.75) is 46.1 Å². The van der Waals surface area contributed by atoms with Gasteiger partial charge in [0.05, 0.1) is 0 Å². The second-order valence-electron chi connectivity index (χ2n) is 6.00. The van der Waals surface area contributed by atoms with Gasteiger partial charge in [0.25, 0.3) is 0 Å². The predicted octanol–water partition coefficient (Wildman–Crippen LogP) is 3.68. The Kier molecular flexibility index (Phi) is 7.49. The van der Waals surface area contributed by atoms with Crippen molar-refractivity contribution in [2.24, 2.45) is 10.9 Å². The summed E-state index contributed by atoms with van der Waals surface area (Å²) in [6.45, 7) is 10.5. The normalized spacial score (nSPS) is 22.2. The molecule has 1 aliphatic carbocycles. The molecule has 0 radical (unpaired) electrons. The zero-order chi connectivity index (χ0) is 14.5. The Morgan fingerprint density at radius 3 is 2.48 bits per heavy atom. The van der Waals surface area contributed by atoms with Crippen LogP contribution in [0.25, 0.3) is 0 Å². The van der Waals surface area contributed by atoms with Crippen LogP contribution in [0, 0.1) is 12.8 Å². The van der Waals surface area contributed by atoms with Crippen LogP contribution in [0.1, 0.15) is 44.2 Å². The molecule has 0 bridgehead atoms. The summed E-state index contributed by atoms with van der Waals surface area (Å²) in [6, 6.07) is 9.37. The van der Waals surface area contributed by atoms with Crippen LogP contribution in [-0.2, 0) is 0 Å². The maximum Gasteiger partial charge on any atom is 0.191 e. The van der Waals surface area contributed by atoms with E-state index in [1.54, 1.807) is 0 Å². The molecule has 0 heterocycles. The predicted molar refractivity (Wildman–Crippen MR) is 102 cm³/mol. The Bertz CT molecular complexity index is 456. The molecule has 1 aliphatic rings. The number of nitrogens with one attached hydrogen (secondary N) is 2. The van der Waals surface area contributed by atoms with Crippen LogP contribution >= 0.6 is 24.0 Å². The van der Waals surface area contributed by atoms with E-state index in [9.17, 15) is 0 Å². The van der Waals surface area contributed by atoms with E-state index in [1.807, 2.05) is 0 Å². The molecule has 3 unspecified atom stereocenters. The van der Waals surface area contributed by atoms with Crippen LogP contribution in [-0.4, -0.2) is 25.1 Å². The van der Waals surface area contributed by atoms with Gasteiger partial charge in [0, 0.05) is 25.0 Å². The lowest BCUT2D eigenvalue weighted by Gasteiger charge is -2.13. The maximum absolute atomic E-state index is 4.72. The van der Waals surface area contributed by atoms with Gasteiger partial charge in [0.15, 0.2) is 5.96 Å². The monoisotopic (exact) mass is 401 g/mol. The van der Waals surface area contributed by atoms with E-state index in [0.29, 0.717) is 12.0 Å². The van der Waals surface area contributed by atoms with E-state index in [0.717, 1.165) is 25.0 Å². The third-order valence-electron chi connectivity index (χ3n) is 3.95. The summed E-state index contributed by atoms with van der Waals surface area (Å²) >= 11 is 0. The summed E-state index contributed by atoms with van der Waals surface area (Å²) in [6.07, 6.45) is 1.26. The van der Waals surface area contributed by atoms with Crippen LogP contribution < -0.4 is 10.6 Å². The number of benzene rings is 1. The van der Waals surface area contributed by atoms with Crippen molar-refractivity contribution in [3.8, 4) is 0 Å². The molecule has 3 nitrogen and oxygen atoms in total. The maximum atomic E-state index is 4.72. The Balaban J connectivity index is 0.00000220. The van der Waals surface area contributed by atoms with Crippen molar-refractivity contribution in [1.82, 2.24) is 10.6 Å². The van der Waals surface area contributed by atoms with Gasteiger partial charge in [-0.15, -0.1) is 24.0 Å². The quantitative estimate of drug-likeness (QED) is 0.449. The summed E-state index contributed by atoms with van der Waals surface area (Å²) in [4.78, 5) is 4.72. The van der Waals surface area contributed by atoms with E-state index >= 15 is 0 Å². The molecule has 1 fully saturated rings. The molecule has 2 rings (SSSR count). The van der Waals surface area contributed by atoms with E-state index in [1.165, 1.54) is 17.5 Å². The van der Waals surface area contributed by atoms with Gasteiger partial charge in [-0.25, -0.2) is 0 Å². The number of rotatable bonds is 5. The number of hydrogen-bond donors (Lipinski definition) is 2. The number of halogens is 1. The minimum absolute atomic E-state index is 0. The van der Waals surface area contributed by atoms with E-state index < -0.39 is 0 Å². The molecule has 3 atom stereocenters. The molecule has 118 valence electrons. The van der Waals surface area contributed by atoms with Crippen molar-refractivity contribution in [1.29, 1.82) is 0 Å². The number of aryl methyl sites for hydroxylation is 1. The van der Waals surface area contributed by atoms with Crippen molar-refractivity contribution in [3.63, 3.8) is 0 Å². The van der Waals surface area contributed by atoms with Crippen LogP contribution in [0.4, 0.5) is 0 Å². The zero-order valence-corrected chi connectivity index (χ0v) is 15.8. The largest absolute Gasteiger partial charge is 0.357 e. The van der Waals surface area contributed by atoms with Gasteiger partial charge >= 0.3 is 0 Å². The fourth-order valence-electron chi connectivity index (χ4n) is 2.25. The lowest BCUT2D eigenvalue weighted by atomic mass is 10.0. The Morgan fingerprint density at radius 1 is 1.33 bits per heavy atom. The van der Waals surface area contributed by atoms with Crippen LogP contribution in [0.15, 0.2) is 29.3 Å². The minimum atomic E-state index is 0. The summed E-state index contributed by atoms with van der Waals surface area (Å²) in [5.74, 6) is 2.19. The zero-order valence-electron chi connectivity index (χ0n) is 13.5. The fraction of sp³-hybridized carbons (Fsp3) is 0.588. The second-order valence-corrected chi connectivity index (χ2v) is 6.00. The lowest BCUT2D eigenvalue weighted by molar-refractivity contribution is 0.734. The van der Waals surface area contributed by atoms with Gasteiger partial charge in [0.1, 0.15) is 0 Å². The molecule has 0 aromatic heterocycles. The van der Waals surface area contributed by atoms with Gasteiger partial charge in [-0.2, -0.15) is 0 Å². The Morgan fingerprint density at radius 2 is 1.95 bits per heavy atom. The molecular weight excluding hydrogens is 373 g/mol. The minimum Gasteiger partial charge on any atom is -0.357 e. The van der Waals surface area contributed by atoms with E-state index in [-0.39, 0.29) is 24.0 Å². The highest BCUT2D eigenvalue weighted by Gasteiger charge is 2.33. The standard InChI is InChI=1S/C17H27N3.HI/c1-5-18-17(20-16-10-13(16)3)19-11-14(4)15-8-6-12(2)7-9-15;/h6-9,13-14,16H,5,10-11H2,1-4H3,(H2,18,19,20);1H. The summed E-state index contributed by atoms with van der Waals surface area (Å²) < 4.78 is 0. The highest BCUT2D eigenvalue weighted by Crippen LogP contribution is 2.28. The molecule has 0 saturated heterocycles. The van der Waals surface area contributed by atoms with Gasteiger partial charge in [0.2, 0.25) is 0 Å². The van der Waals surface area contributed by atoms with Gasteiger partial charge in [-0.1, -0.05) is 43.7 Å². The SMILES string of the molecule is CCNC(=NCC(C)c1ccc(C)cc1)NC1CC1C.I. The molecule has 1 aromatic rings. The van der Waals surface area contributed by atoms with Gasteiger partial charge in [-0.3, -0.25) is 4.99 Å². The molecule has 1 saturated carbocycles. The van der Waals surface area contributed by atoms with Gasteiger partial charge in [-0.05, 0) is 31.7 Å².